The summed E-state index contributed by atoms with van der Waals surface area (Å²) in [5.74, 6) is -0.249. The van der Waals surface area contributed by atoms with Gasteiger partial charge in [-0.15, -0.1) is 0 Å². The number of nitrogens with one attached hydrogen (secondary N) is 1. The number of carbonyl (C=O) groups is 1. The summed E-state index contributed by atoms with van der Waals surface area (Å²) in [6.45, 7) is -2.48. The molecule has 0 aliphatic heterocycles. The van der Waals surface area contributed by atoms with Crippen molar-refractivity contribution in [1.29, 1.82) is 0 Å². The first kappa shape index (κ1) is 16.7. The molecule has 2 aromatic rings. The van der Waals surface area contributed by atoms with Crippen molar-refractivity contribution in [2.75, 3.05) is 19.0 Å². The average Bonchev–Trinajstić information content (AvgIpc) is 2.53. The Morgan fingerprint density at radius 1 is 1.09 bits per heavy atom. The maximum atomic E-state index is 12.1. The lowest BCUT2D eigenvalue weighted by atomic mass is 10.1. The summed E-state index contributed by atoms with van der Waals surface area (Å²) < 4.78 is 28.4. The van der Waals surface area contributed by atoms with Crippen LogP contribution >= 0.6 is 0 Å². The molecular formula is C17H18F2N2O2. The minimum Gasteiger partial charge on any atom is -0.435 e. The maximum Gasteiger partial charge on any atom is 0.387 e. The summed E-state index contributed by atoms with van der Waals surface area (Å²) in [5, 5.41) is 2.78. The van der Waals surface area contributed by atoms with E-state index in [1.54, 1.807) is 0 Å². The van der Waals surface area contributed by atoms with Crippen molar-refractivity contribution in [3.05, 3.63) is 59.7 Å². The lowest BCUT2D eigenvalue weighted by molar-refractivity contribution is -0.0498. The van der Waals surface area contributed by atoms with Crippen LogP contribution in [-0.2, 0) is 6.54 Å². The van der Waals surface area contributed by atoms with Crippen LogP contribution in [0, 0.1) is 0 Å². The molecule has 122 valence electrons. The number of hydrogen-bond acceptors (Lipinski definition) is 3. The molecule has 0 spiro atoms. The van der Waals surface area contributed by atoms with Gasteiger partial charge in [0.05, 0.1) is 0 Å². The van der Waals surface area contributed by atoms with E-state index in [0.717, 1.165) is 11.3 Å². The van der Waals surface area contributed by atoms with Crippen molar-refractivity contribution in [1.82, 2.24) is 5.32 Å². The molecule has 0 saturated heterocycles. The molecule has 2 rings (SSSR count). The number of rotatable bonds is 6. The maximum absolute atomic E-state index is 12.1. The number of benzene rings is 2. The van der Waals surface area contributed by atoms with Crippen LogP contribution in [0.3, 0.4) is 0 Å². The molecule has 0 radical (unpaired) electrons. The third kappa shape index (κ3) is 4.95. The molecule has 2 aromatic carbocycles. The van der Waals surface area contributed by atoms with Gasteiger partial charge in [-0.3, -0.25) is 4.79 Å². The molecule has 0 aliphatic rings. The number of anilines is 1. The Labute approximate surface area is 133 Å². The van der Waals surface area contributed by atoms with E-state index >= 15 is 0 Å². The summed E-state index contributed by atoms with van der Waals surface area (Å²) in [5.41, 5.74) is 2.44. The second kappa shape index (κ2) is 7.58. The van der Waals surface area contributed by atoms with E-state index in [4.69, 9.17) is 0 Å². The van der Waals surface area contributed by atoms with Crippen LogP contribution in [0.15, 0.2) is 48.5 Å². The fourth-order valence-corrected chi connectivity index (χ4v) is 1.98. The molecule has 0 aromatic heterocycles. The van der Waals surface area contributed by atoms with E-state index in [-0.39, 0.29) is 11.7 Å². The van der Waals surface area contributed by atoms with Gasteiger partial charge in [-0.05, 0) is 42.0 Å². The Bertz CT molecular complexity index is 641. The zero-order chi connectivity index (χ0) is 16.8. The Balaban J connectivity index is 1.91. The van der Waals surface area contributed by atoms with E-state index in [0.29, 0.717) is 12.1 Å². The summed E-state index contributed by atoms with van der Waals surface area (Å²) in [4.78, 5) is 14.0. The fraction of sp³-hybridized carbons (Fsp3) is 0.235. The molecule has 4 nitrogen and oxygen atoms in total. The predicted molar refractivity (Wildman–Crippen MR) is 85.0 cm³/mol. The largest absolute Gasteiger partial charge is 0.435 e. The molecule has 1 N–H and O–H groups in total. The first-order valence-electron chi connectivity index (χ1n) is 7.05. The van der Waals surface area contributed by atoms with E-state index < -0.39 is 6.61 Å². The molecule has 0 aliphatic carbocycles. The quantitative estimate of drug-likeness (QED) is 0.888. The number of amides is 1. The summed E-state index contributed by atoms with van der Waals surface area (Å²) in [7, 11) is 3.91. The minimum atomic E-state index is -2.88. The third-order valence-corrected chi connectivity index (χ3v) is 3.25. The number of ether oxygens (including phenoxy) is 1. The normalized spacial score (nSPS) is 10.5. The van der Waals surface area contributed by atoms with Crippen LogP contribution < -0.4 is 15.0 Å². The molecule has 0 atom stereocenters. The van der Waals surface area contributed by atoms with Crippen LogP contribution in [0.25, 0.3) is 0 Å². The summed E-state index contributed by atoms with van der Waals surface area (Å²) in [6, 6.07) is 13.4. The first-order chi connectivity index (χ1) is 11.0. The van der Waals surface area contributed by atoms with Gasteiger partial charge < -0.3 is 15.0 Å². The van der Waals surface area contributed by atoms with E-state index in [9.17, 15) is 13.6 Å². The SMILES string of the molecule is CN(C)c1ccc(CNC(=O)c2ccc(OC(F)F)cc2)cc1. The Morgan fingerprint density at radius 2 is 1.70 bits per heavy atom. The van der Waals surface area contributed by atoms with Gasteiger partial charge in [0, 0.05) is 31.9 Å². The van der Waals surface area contributed by atoms with Gasteiger partial charge in [0.25, 0.3) is 5.91 Å². The minimum absolute atomic E-state index is 0.0239. The van der Waals surface area contributed by atoms with Gasteiger partial charge >= 0.3 is 6.61 Å². The van der Waals surface area contributed by atoms with E-state index in [2.05, 4.69) is 10.1 Å². The first-order valence-corrected chi connectivity index (χ1v) is 7.05. The van der Waals surface area contributed by atoms with Crippen molar-refractivity contribution in [2.24, 2.45) is 0 Å². The topological polar surface area (TPSA) is 41.6 Å². The molecular weight excluding hydrogens is 302 g/mol. The van der Waals surface area contributed by atoms with Crippen molar-refractivity contribution >= 4 is 11.6 Å². The van der Waals surface area contributed by atoms with Crippen LogP contribution in [0.4, 0.5) is 14.5 Å². The molecule has 0 fully saturated rings. The highest BCUT2D eigenvalue weighted by Gasteiger charge is 2.08. The monoisotopic (exact) mass is 320 g/mol. The summed E-state index contributed by atoms with van der Waals surface area (Å²) >= 11 is 0. The molecule has 0 unspecified atom stereocenters. The van der Waals surface area contributed by atoms with Gasteiger partial charge in [0.1, 0.15) is 5.75 Å². The zero-order valence-electron chi connectivity index (χ0n) is 12.9. The van der Waals surface area contributed by atoms with Crippen molar-refractivity contribution < 1.29 is 18.3 Å². The van der Waals surface area contributed by atoms with Crippen LogP contribution in [0.1, 0.15) is 15.9 Å². The van der Waals surface area contributed by atoms with Gasteiger partial charge in [0.2, 0.25) is 0 Å². The molecule has 6 heteroatoms. The Kier molecular flexibility index (Phi) is 5.51. The van der Waals surface area contributed by atoms with Crippen molar-refractivity contribution in [3.63, 3.8) is 0 Å². The highest BCUT2D eigenvalue weighted by molar-refractivity contribution is 5.94. The predicted octanol–water partition coefficient (Wildman–Crippen LogP) is 3.28. The average molecular weight is 320 g/mol. The van der Waals surface area contributed by atoms with Crippen molar-refractivity contribution in [2.45, 2.75) is 13.2 Å². The van der Waals surface area contributed by atoms with E-state index in [1.165, 1.54) is 24.3 Å². The second-order valence-corrected chi connectivity index (χ2v) is 5.15. The second-order valence-electron chi connectivity index (χ2n) is 5.15. The van der Waals surface area contributed by atoms with Gasteiger partial charge in [-0.1, -0.05) is 12.1 Å². The molecule has 23 heavy (non-hydrogen) atoms. The third-order valence-electron chi connectivity index (χ3n) is 3.25. The number of nitrogens with zero attached hydrogens (tertiary/aromatic N) is 1. The standard InChI is InChI=1S/C17H18F2N2O2/c1-21(2)14-7-3-12(4-8-14)11-20-16(22)13-5-9-15(10-6-13)23-17(18)19/h3-10,17H,11H2,1-2H3,(H,20,22). The molecule has 0 heterocycles. The zero-order valence-corrected chi connectivity index (χ0v) is 12.9. The summed E-state index contributed by atoms with van der Waals surface area (Å²) in [6.07, 6.45) is 0. The lowest BCUT2D eigenvalue weighted by Gasteiger charge is -2.13. The lowest BCUT2D eigenvalue weighted by Crippen LogP contribution is -2.22. The fourth-order valence-electron chi connectivity index (χ4n) is 1.98. The highest BCUT2D eigenvalue weighted by Crippen LogP contribution is 2.15. The number of hydrogen-bond donors (Lipinski definition) is 1. The number of alkyl halides is 2. The molecule has 0 saturated carbocycles. The van der Waals surface area contributed by atoms with Gasteiger partial charge in [0.15, 0.2) is 0 Å². The van der Waals surface area contributed by atoms with E-state index in [1.807, 2.05) is 43.3 Å². The van der Waals surface area contributed by atoms with Gasteiger partial charge in [-0.25, -0.2) is 0 Å². The smallest absolute Gasteiger partial charge is 0.387 e. The van der Waals surface area contributed by atoms with Crippen molar-refractivity contribution in [3.8, 4) is 5.75 Å². The number of carbonyl (C=O) groups excluding carboxylic acids is 1. The molecule has 1 amide bonds. The molecule has 0 bridgehead atoms. The van der Waals surface area contributed by atoms with Crippen LogP contribution in [0.2, 0.25) is 0 Å². The Morgan fingerprint density at radius 3 is 2.22 bits per heavy atom. The van der Waals surface area contributed by atoms with Crippen LogP contribution in [0.5, 0.6) is 5.75 Å². The highest BCUT2D eigenvalue weighted by atomic mass is 19.3. The Hall–Kier alpha value is -2.63. The van der Waals surface area contributed by atoms with Gasteiger partial charge in [-0.2, -0.15) is 8.78 Å². The number of halogens is 2. The van der Waals surface area contributed by atoms with Crippen LogP contribution in [-0.4, -0.2) is 26.6 Å².